The number of aliphatic imine (C=N–C) groups is 1. The minimum absolute atomic E-state index is 0. The Morgan fingerprint density at radius 3 is 2.90 bits per heavy atom. The number of hydrogen-bond donors (Lipinski definition) is 1. The zero-order chi connectivity index (χ0) is 13.8. The molecule has 0 bridgehead atoms. The quantitative estimate of drug-likeness (QED) is 0.467. The maximum absolute atomic E-state index is 5.35. The molecule has 1 saturated carbocycles. The van der Waals surface area contributed by atoms with Crippen molar-refractivity contribution in [1.82, 2.24) is 10.2 Å². The molecule has 4 nitrogen and oxygen atoms in total. The summed E-state index contributed by atoms with van der Waals surface area (Å²) in [6, 6.07) is 3.95. The van der Waals surface area contributed by atoms with Crippen LogP contribution in [-0.2, 0) is 6.42 Å². The van der Waals surface area contributed by atoms with Crippen LogP contribution in [0.25, 0.3) is 0 Å². The minimum Gasteiger partial charge on any atom is -0.469 e. The lowest BCUT2D eigenvalue weighted by atomic mass is 10.0. The molecule has 0 radical (unpaired) electrons. The van der Waals surface area contributed by atoms with Crippen LogP contribution in [0.1, 0.15) is 31.9 Å². The number of rotatable bonds is 5. The standard InChI is InChI=1S/C16H25N3O.HI/c1-2-17-16(18-9-7-15-4-3-11-20-15)19-10-8-14(12-19)13-5-6-13;/h3-4,11,13-14H,2,5-10,12H2,1H3,(H,17,18);1H. The molecule has 21 heavy (non-hydrogen) atoms. The van der Waals surface area contributed by atoms with Crippen molar-refractivity contribution in [2.75, 3.05) is 26.2 Å². The van der Waals surface area contributed by atoms with Crippen molar-refractivity contribution in [3.8, 4) is 0 Å². The number of nitrogens with one attached hydrogen (secondary N) is 1. The first-order valence-electron chi connectivity index (χ1n) is 7.92. The highest BCUT2D eigenvalue weighted by Gasteiger charge is 2.36. The van der Waals surface area contributed by atoms with E-state index in [1.807, 2.05) is 12.1 Å². The molecule has 1 aromatic rings. The first-order chi connectivity index (χ1) is 9.86. The fraction of sp³-hybridized carbons (Fsp3) is 0.688. The molecule has 1 aliphatic heterocycles. The summed E-state index contributed by atoms with van der Waals surface area (Å²) in [6.45, 7) is 6.21. The number of furan rings is 1. The largest absolute Gasteiger partial charge is 0.469 e. The van der Waals surface area contributed by atoms with Gasteiger partial charge in [-0.1, -0.05) is 0 Å². The number of hydrogen-bond acceptors (Lipinski definition) is 2. The Hall–Kier alpha value is -0.720. The Morgan fingerprint density at radius 2 is 2.24 bits per heavy atom. The van der Waals surface area contributed by atoms with Gasteiger partial charge < -0.3 is 14.6 Å². The van der Waals surface area contributed by atoms with Gasteiger partial charge in [0.1, 0.15) is 5.76 Å². The van der Waals surface area contributed by atoms with Gasteiger partial charge in [0.15, 0.2) is 5.96 Å². The fourth-order valence-electron chi connectivity index (χ4n) is 3.08. The summed E-state index contributed by atoms with van der Waals surface area (Å²) < 4.78 is 5.35. The normalized spacial score (nSPS) is 22.2. The predicted octanol–water partition coefficient (Wildman–Crippen LogP) is 3.14. The summed E-state index contributed by atoms with van der Waals surface area (Å²) >= 11 is 0. The van der Waals surface area contributed by atoms with Crippen molar-refractivity contribution in [3.05, 3.63) is 24.2 Å². The lowest BCUT2D eigenvalue weighted by molar-refractivity contribution is 0.435. The first-order valence-corrected chi connectivity index (χ1v) is 7.92. The van der Waals surface area contributed by atoms with Gasteiger partial charge in [-0.2, -0.15) is 0 Å². The molecule has 2 heterocycles. The average Bonchev–Trinajstić information content (AvgIpc) is 2.99. The van der Waals surface area contributed by atoms with E-state index in [2.05, 4.69) is 17.1 Å². The molecule has 1 aliphatic carbocycles. The second-order valence-electron chi connectivity index (χ2n) is 5.90. The molecule has 0 amide bonds. The van der Waals surface area contributed by atoms with Crippen LogP contribution >= 0.6 is 24.0 Å². The molecule has 2 aliphatic rings. The molecular weight excluding hydrogens is 377 g/mol. The van der Waals surface area contributed by atoms with Crippen molar-refractivity contribution < 1.29 is 4.42 Å². The summed E-state index contributed by atoms with van der Waals surface area (Å²) in [6.07, 6.45) is 6.84. The van der Waals surface area contributed by atoms with Gasteiger partial charge in [0, 0.05) is 32.6 Å². The lowest BCUT2D eigenvalue weighted by Gasteiger charge is -2.21. The Balaban J connectivity index is 0.00000161. The smallest absolute Gasteiger partial charge is 0.193 e. The monoisotopic (exact) mass is 403 g/mol. The third kappa shape index (κ3) is 4.63. The zero-order valence-corrected chi connectivity index (χ0v) is 15.1. The molecule has 5 heteroatoms. The lowest BCUT2D eigenvalue weighted by Crippen LogP contribution is -2.40. The molecule has 2 fully saturated rings. The second kappa shape index (κ2) is 8.06. The summed E-state index contributed by atoms with van der Waals surface area (Å²) in [7, 11) is 0. The summed E-state index contributed by atoms with van der Waals surface area (Å²) in [5, 5.41) is 3.43. The summed E-state index contributed by atoms with van der Waals surface area (Å²) in [4.78, 5) is 7.20. The molecular formula is C16H26IN3O. The number of guanidine groups is 1. The molecule has 1 atom stereocenters. The predicted molar refractivity (Wildman–Crippen MR) is 96.2 cm³/mol. The van der Waals surface area contributed by atoms with E-state index in [9.17, 15) is 0 Å². The van der Waals surface area contributed by atoms with Gasteiger partial charge in [-0.05, 0) is 50.2 Å². The van der Waals surface area contributed by atoms with E-state index in [1.54, 1.807) is 6.26 Å². The van der Waals surface area contributed by atoms with Gasteiger partial charge in [0.2, 0.25) is 0 Å². The van der Waals surface area contributed by atoms with Gasteiger partial charge >= 0.3 is 0 Å². The highest BCUT2D eigenvalue weighted by Crippen LogP contribution is 2.41. The van der Waals surface area contributed by atoms with Crippen LogP contribution in [0.15, 0.2) is 27.8 Å². The van der Waals surface area contributed by atoms with E-state index < -0.39 is 0 Å². The maximum Gasteiger partial charge on any atom is 0.193 e. The van der Waals surface area contributed by atoms with Crippen molar-refractivity contribution >= 4 is 29.9 Å². The van der Waals surface area contributed by atoms with Crippen LogP contribution in [0.2, 0.25) is 0 Å². The summed E-state index contributed by atoms with van der Waals surface area (Å²) in [5.74, 6) is 4.01. The van der Waals surface area contributed by atoms with E-state index in [1.165, 1.54) is 25.8 Å². The molecule has 118 valence electrons. The number of likely N-dealkylation sites (tertiary alicyclic amines) is 1. The molecule has 1 saturated heterocycles. The highest BCUT2D eigenvalue weighted by molar-refractivity contribution is 14.0. The average molecular weight is 403 g/mol. The van der Waals surface area contributed by atoms with Crippen molar-refractivity contribution in [2.24, 2.45) is 16.8 Å². The van der Waals surface area contributed by atoms with E-state index in [0.29, 0.717) is 0 Å². The Labute approximate surface area is 144 Å². The number of nitrogens with zero attached hydrogens (tertiary/aromatic N) is 2. The fourth-order valence-corrected chi connectivity index (χ4v) is 3.08. The van der Waals surface area contributed by atoms with Crippen molar-refractivity contribution in [1.29, 1.82) is 0 Å². The van der Waals surface area contributed by atoms with Gasteiger partial charge in [-0.15, -0.1) is 24.0 Å². The summed E-state index contributed by atoms with van der Waals surface area (Å²) in [5.41, 5.74) is 0. The molecule has 1 unspecified atom stereocenters. The Bertz CT molecular complexity index is 442. The minimum atomic E-state index is 0. The number of halogens is 1. The first kappa shape index (κ1) is 16.6. The van der Waals surface area contributed by atoms with Crippen LogP contribution < -0.4 is 5.32 Å². The SMILES string of the molecule is CCNC(=NCCc1ccco1)N1CCC(C2CC2)C1.I. The van der Waals surface area contributed by atoms with E-state index >= 15 is 0 Å². The van der Waals surface area contributed by atoms with E-state index in [-0.39, 0.29) is 24.0 Å². The van der Waals surface area contributed by atoms with Crippen LogP contribution in [0, 0.1) is 11.8 Å². The Morgan fingerprint density at radius 1 is 1.38 bits per heavy atom. The molecule has 3 rings (SSSR count). The van der Waals surface area contributed by atoms with Gasteiger partial charge in [0.25, 0.3) is 0 Å². The third-order valence-corrected chi connectivity index (χ3v) is 4.35. The second-order valence-corrected chi connectivity index (χ2v) is 5.90. The topological polar surface area (TPSA) is 40.8 Å². The van der Waals surface area contributed by atoms with E-state index in [0.717, 1.165) is 49.6 Å². The molecule has 0 spiro atoms. The maximum atomic E-state index is 5.35. The van der Waals surface area contributed by atoms with Gasteiger partial charge in [0.05, 0.1) is 6.26 Å². The van der Waals surface area contributed by atoms with Gasteiger partial charge in [-0.3, -0.25) is 4.99 Å². The third-order valence-electron chi connectivity index (χ3n) is 4.35. The molecule has 1 aromatic heterocycles. The zero-order valence-electron chi connectivity index (χ0n) is 12.8. The Kier molecular flexibility index (Phi) is 6.39. The van der Waals surface area contributed by atoms with Crippen LogP contribution in [0.5, 0.6) is 0 Å². The van der Waals surface area contributed by atoms with Crippen molar-refractivity contribution in [3.63, 3.8) is 0 Å². The van der Waals surface area contributed by atoms with Crippen molar-refractivity contribution in [2.45, 2.75) is 32.6 Å². The molecule has 1 N–H and O–H groups in total. The van der Waals surface area contributed by atoms with Crippen LogP contribution in [-0.4, -0.2) is 37.0 Å². The van der Waals surface area contributed by atoms with E-state index in [4.69, 9.17) is 9.41 Å². The molecule has 0 aromatic carbocycles. The van der Waals surface area contributed by atoms with Gasteiger partial charge in [-0.25, -0.2) is 0 Å². The van der Waals surface area contributed by atoms with Crippen LogP contribution in [0.3, 0.4) is 0 Å². The highest BCUT2D eigenvalue weighted by atomic mass is 127. The van der Waals surface area contributed by atoms with Crippen LogP contribution in [0.4, 0.5) is 0 Å².